The van der Waals surface area contributed by atoms with E-state index in [1.54, 1.807) is 16.9 Å². The number of hydrogen-bond donors (Lipinski definition) is 1. The molecule has 11 nitrogen and oxygen atoms in total. The molecule has 0 aromatic heterocycles. The van der Waals surface area contributed by atoms with E-state index < -0.39 is 11.2 Å². The van der Waals surface area contributed by atoms with Gasteiger partial charge in [-0.3, -0.25) is 0 Å². The SMILES string of the molecule is CC(C)(C)OC(=O)N1CCC(O)CC1.COCCOCC(=O)OC1CCN(C(=O)OC(C)(C)C)CC1. The first kappa shape index (κ1) is 31.9. The van der Waals surface area contributed by atoms with Crippen molar-refractivity contribution in [1.29, 1.82) is 0 Å². The van der Waals surface area contributed by atoms with Gasteiger partial charge in [-0.15, -0.1) is 0 Å². The Morgan fingerprint density at radius 2 is 1.22 bits per heavy atom. The number of methoxy groups -OCH3 is 1. The fourth-order valence-electron chi connectivity index (χ4n) is 3.38. The van der Waals surface area contributed by atoms with Crippen LogP contribution in [0.3, 0.4) is 0 Å². The van der Waals surface area contributed by atoms with E-state index in [1.165, 1.54) is 0 Å². The molecule has 2 fully saturated rings. The number of carbonyl (C=O) groups excluding carboxylic acids is 3. The van der Waals surface area contributed by atoms with Gasteiger partial charge in [-0.05, 0) is 54.4 Å². The monoisotopic (exact) mass is 518 g/mol. The maximum atomic E-state index is 11.9. The lowest BCUT2D eigenvalue weighted by molar-refractivity contribution is -0.156. The Balaban J connectivity index is 0.000000397. The van der Waals surface area contributed by atoms with E-state index >= 15 is 0 Å². The van der Waals surface area contributed by atoms with Gasteiger partial charge in [0.2, 0.25) is 0 Å². The minimum Gasteiger partial charge on any atom is -0.461 e. The molecule has 0 unspecified atom stereocenters. The van der Waals surface area contributed by atoms with Gasteiger partial charge in [-0.1, -0.05) is 0 Å². The van der Waals surface area contributed by atoms with Crippen molar-refractivity contribution in [2.24, 2.45) is 0 Å². The zero-order chi connectivity index (χ0) is 27.4. The van der Waals surface area contributed by atoms with Crippen LogP contribution < -0.4 is 0 Å². The molecule has 0 aliphatic carbocycles. The molecular weight excluding hydrogens is 472 g/mol. The Bertz CT molecular complexity index is 672. The van der Waals surface area contributed by atoms with Crippen LogP contribution in [0.4, 0.5) is 9.59 Å². The van der Waals surface area contributed by atoms with Crippen molar-refractivity contribution in [1.82, 2.24) is 9.80 Å². The predicted octanol–water partition coefficient (Wildman–Crippen LogP) is 2.97. The number of aliphatic hydroxyl groups excluding tert-OH is 1. The zero-order valence-corrected chi connectivity index (χ0v) is 23.0. The summed E-state index contributed by atoms with van der Waals surface area (Å²) in [6.07, 6.45) is 1.51. The van der Waals surface area contributed by atoms with E-state index in [2.05, 4.69) is 0 Å². The van der Waals surface area contributed by atoms with Crippen molar-refractivity contribution in [3.05, 3.63) is 0 Å². The highest BCUT2D eigenvalue weighted by Gasteiger charge is 2.28. The number of rotatable bonds is 6. The molecule has 36 heavy (non-hydrogen) atoms. The lowest BCUT2D eigenvalue weighted by Gasteiger charge is -2.33. The summed E-state index contributed by atoms with van der Waals surface area (Å²) in [6, 6.07) is 0. The Labute approximate surface area is 215 Å². The number of piperidine rings is 2. The van der Waals surface area contributed by atoms with Gasteiger partial charge in [-0.2, -0.15) is 0 Å². The molecule has 0 bridgehead atoms. The van der Waals surface area contributed by atoms with Gasteiger partial charge in [0.05, 0.1) is 19.3 Å². The number of nitrogens with zero attached hydrogens (tertiary/aromatic N) is 2. The quantitative estimate of drug-likeness (QED) is 0.321. The molecule has 2 saturated heterocycles. The Morgan fingerprint density at radius 3 is 1.64 bits per heavy atom. The molecule has 0 aromatic carbocycles. The first-order valence-corrected chi connectivity index (χ1v) is 12.6. The average molecular weight is 519 g/mol. The zero-order valence-electron chi connectivity index (χ0n) is 23.0. The lowest BCUT2D eigenvalue weighted by Crippen LogP contribution is -2.44. The highest BCUT2D eigenvalue weighted by atomic mass is 16.6. The van der Waals surface area contributed by atoms with E-state index in [1.807, 2.05) is 41.5 Å². The van der Waals surface area contributed by atoms with Gasteiger partial charge in [-0.25, -0.2) is 14.4 Å². The number of ether oxygens (including phenoxy) is 5. The smallest absolute Gasteiger partial charge is 0.410 e. The fourth-order valence-corrected chi connectivity index (χ4v) is 3.38. The van der Waals surface area contributed by atoms with E-state index in [0.717, 1.165) is 0 Å². The van der Waals surface area contributed by atoms with E-state index in [4.69, 9.17) is 23.7 Å². The van der Waals surface area contributed by atoms with Crippen molar-refractivity contribution in [3.8, 4) is 0 Å². The largest absolute Gasteiger partial charge is 0.461 e. The highest BCUT2D eigenvalue weighted by molar-refractivity contribution is 5.71. The van der Waals surface area contributed by atoms with Gasteiger partial charge in [0.1, 0.15) is 23.9 Å². The molecule has 2 heterocycles. The van der Waals surface area contributed by atoms with Crippen LogP contribution in [0, 0.1) is 0 Å². The van der Waals surface area contributed by atoms with Crippen molar-refractivity contribution in [2.75, 3.05) is 53.1 Å². The van der Waals surface area contributed by atoms with Crippen LogP contribution in [0.2, 0.25) is 0 Å². The van der Waals surface area contributed by atoms with Crippen LogP contribution in [0.25, 0.3) is 0 Å². The molecule has 0 aromatic rings. The minimum absolute atomic E-state index is 0.0738. The molecule has 1 N–H and O–H groups in total. The first-order valence-electron chi connectivity index (χ1n) is 12.6. The first-order chi connectivity index (χ1) is 16.7. The van der Waals surface area contributed by atoms with E-state index in [9.17, 15) is 19.5 Å². The molecule has 2 rings (SSSR count). The van der Waals surface area contributed by atoms with Crippen LogP contribution in [-0.2, 0) is 28.5 Å². The van der Waals surface area contributed by atoms with Gasteiger partial charge >= 0.3 is 18.2 Å². The number of likely N-dealkylation sites (tertiary alicyclic amines) is 2. The lowest BCUT2D eigenvalue weighted by atomic mass is 10.1. The van der Waals surface area contributed by atoms with Crippen molar-refractivity contribution < 1.29 is 43.2 Å². The summed E-state index contributed by atoms with van der Waals surface area (Å²) in [5.41, 5.74) is -0.937. The van der Waals surface area contributed by atoms with E-state index in [-0.39, 0.29) is 37.0 Å². The van der Waals surface area contributed by atoms with Crippen LogP contribution in [-0.4, -0.2) is 110 Å². The molecule has 0 saturated carbocycles. The number of amides is 2. The van der Waals surface area contributed by atoms with Crippen molar-refractivity contribution >= 4 is 18.2 Å². The third-order valence-electron chi connectivity index (χ3n) is 5.16. The molecule has 2 aliphatic heterocycles. The van der Waals surface area contributed by atoms with Crippen LogP contribution >= 0.6 is 0 Å². The maximum absolute atomic E-state index is 11.9. The summed E-state index contributed by atoms with van der Waals surface area (Å²) < 4.78 is 25.8. The summed E-state index contributed by atoms with van der Waals surface area (Å²) >= 11 is 0. The Kier molecular flexibility index (Phi) is 13.5. The maximum Gasteiger partial charge on any atom is 0.410 e. The molecule has 210 valence electrons. The summed E-state index contributed by atoms with van der Waals surface area (Å²) in [6.45, 7) is 14.0. The summed E-state index contributed by atoms with van der Waals surface area (Å²) in [5, 5.41) is 9.26. The van der Waals surface area contributed by atoms with Crippen LogP contribution in [0.15, 0.2) is 0 Å². The third-order valence-corrected chi connectivity index (χ3v) is 5.16. The number of carbonyl (C=O) groups is 3. The molecule has 11 heteroatoms. The molecule has 0 radical (unpaired) electrons. The molecule has 2 amide bonds. The Morgan fingerprint density at radius 1 is 0.778 bits per heavy atom. The predicted molar refractivity (Wildman–Crippen MR) is 133 cm³/mol. The van der Waals surface area contributed by atoms with Gasteiger partial charge in [0, 0.05) is 46.1 Å². The highest BCUT2D eigenvalue weighted by Crippen LogP contribution is 2.18. The Hall–Kier alpha value is -2.11. The second-order valence-electron chi connectivity index (χ2n) is 10.9. The van der Waals surface area contributed by atoms with Gasteiger partial charge in [0.25, 0.3) is 0 Å². The average Bonchev–Trinajstić information content (AvgIpc) is 2.76. The topological polar surface area (TPSA) is 124 Å². The normalized spacial score (nSPS) is 17.7. The number of aliphatic hydroxyl groups is 1. The fraction of sp³-hybridized carbons (Fsp3) is 0.880. The van der Waals surface area contributed by atoms with E-state index in [0.29, 0.717) is 65.1 Å². The molecular formula is C25H46N2O9. The molecule has 0 spiro atoms. The van der Waals surface area contributed by atoms with Gasteiger partial charge in [0.15, 0.2) is 0 Å². The van der Waals surface area contributed by atoms with Gasteiger partial charge < -0.3 is 38.6 Å². The number of hydrogen-bond acceptors (Lipinski definition) is 9. The standard InChI is InChI=1S/C15H27NO6.C10H19NO3/c1-15(2,3)22-14(18)16-7-5-12(6-8-16)21-13(17)11-20-10-9-19-4;1-10(2,3)14-9(13)11-6-4-8(12)5-7-11/h12H,5-11H2,1-4H3;8,12H,4-7H2,1-3H3. The molecule has 0 atom stereocenters. The van der Waals surface area contributed by atoms with Crippen LogP contribution in [0.1, 0.15) is 67.2 Å². The van der Waals surface area contributed by atoms with Crippen molar-refractivity contribution in [2.45, 2.75) is 90.6 Å². The van der Waals surface area contributed by atoms with Crippen molar-refractivity contribution in [3.63, 3.8) is 0 Å². The molecule has 2 aliphatic rings. The summed E-state index contributed by atoms with van der Waals surface area (Å²) in [4.78, 5) is 38.3. The third kappa shape index (κ3) is 14.4. The number of esters is 1. The van der Waals surface area contributed by atoms with Crippen LogP contribution in [0.5, 0.6) is 0 Å². The second-order valence-corrected chi connectivity index (χ2v) is 10.9. The minimum atomic E-state index is -0.500. The summed E-state index contributed by atoms with van der Waals surface area (Å²) in [7, 11) is 1.57. The summed E-state index contributed by atoms with van der Waals surface area (Å²) in [5.74, 6) is -0.383. The second kappa shape index (κ2) is 15.2.